The van der Waals surface area contributed by atoms with Gasteiger partial charge in [-0.15, -0.1) is 0 Å². The van der Waals surface area contributed by atoms with Gasteiger partial charge in [0.15, 0.2) is 0 Å². The molecule has 0 bridgehead atoms. The van der Waals surface area contributed by atoms with Gasteiger partial charge in [-0.05, 0) is 37.5 Å². The summed E-state index contributed by atoms with van der Waals surface area (Å²) in [7, 11) is 0. The lowest BCUT2D eigenvalue weighted by molar-refractivity contribution is 0.418. The zero-order valence-corrected chi connectivity index (χ0v) is 12.7. The standard InChI is InChI=1S/C15H23BrN2/c1-2-18(13-6-4-3-5-7-13)14-9-8-12(11-17)15(16)10-14/h8-10,13H,2-7,11,17H2,1H3. The van der Waals surface area contributed by atoms with E-state index in [9.17, 15) is 0 Å². The van der Waals surface area contributed by atoms with Gasteiger partial charge in [0.1, 0.15) is 0 Å². The van der Waals surface area contributed by atoms with E-state index in [-0.39, 0.29) is 0 Å². The molecule has 0 radical (unpaired) electrons. The van der Waals surface area contributed by atoms with Crippen molar-refractivity contribution >= 4 is 21.6 Å². The number of rotatable bonds is 4. The third-order valence-electron chi connectivity index (χ3n) is 3.94. The fourth-order valence-electron chi connectivity index (χ4n) is 2.92. The van der Waals surface area contributed by atoms with Crippen molar-refractivity contribution in [2.45, 2.75) is 51.6 Å². The van der Waals surface area contributed by atoms with Crippen LogP contribution in [-0.2, 0) is 6.54 Å². The number of halogens is 1. The summed E-state index contributed by atoms with van der Waals surface area (Å²) in [6, 6.07) is 7.30. The van der Waals surface area contributed by atoms with Crippen molar-refractivity contribution in [3.05, 3.63) is 28.2 Å². The second-order valence-corrected chi connectivity index (χ2v) is 5.91. The molecule has 3 heteroatoms. The molecule has 1 saturated carbocycles. The number of hydrogen-bond acceptors (Lipinski definition) is 2. The molecule has 1 aliphatic rings. The first-order chi connectivity index (χ1) is 8.76. The van der Waals surface area contributed by atoms with Crippen LogP contribution in [0.4, 0.5) is 5.69 Å². The van der Waals surface area contributed by atoms with Gasteiger partial charge < -0.3 is 10.6 Å². The van der Waals surface area contributed by atoms with Crippen LogP contribution in [-0.4, -0.2) is 12.6 Å². The van der Waals surface area contributed by atoms with Crippen LogP contribution in [0.1, 0.15) is 44.6 Å². The Morgan fingerprint density at radius 3 is 2.56 bits per heavy atom. The van der Waals surface area contributed by atoms with Crippen LogP contribution in [0.25, 0.3) is 0 Å². The van der Waals surface area contributed by atoms with Crippen LogP contribution in [0, 0.1) is 0 Å². The largest absolute Gasteiger partial charge is 0.369 e. The predicted octanol–water partition coefficient (Wildman–Crippen LogP) is 4.07. The average molecular weight is 311 g/mol. The van der Waals surface area contributed by atoms with Crippen molar-refractivity contribution < 1.29 is 0 Å². The van der Waals surface area contributed by atoms with E-state index in [1.807, 2.05) is 0 Å². The Labute approximate surface area is 119 Å². The van der Waals surface area contributed by atoms with E-state index in [1.54, 1.807) is 0 Å². The first-order valence-corrected chi connectivity index (χ1v) is 7.80. The van der Waals surface area contributed by atoms with Crippen LogP contribution in [0.15, 0.2) is 22.7 Å². The molecule has 2 nitrogen and oxygen atoms in total. The first kappa shape index (κ1) is 13.9. The van der Waals surface area contributed by atoms with E-state index >= 15 is 0 Å². The molecular formula is C15H23BrN2. The van der Waals surface area contributed by atoms with Crippen molar-refractivity contribution in [2.24, 2.45) is 5.73 Å². The second-order valence-electron chi connectivity index (χ2n) is 5.06. The fourth-order valence-corrected chi connectivity index (χ4v) is 3.45. The Kier molecular flexibility index (Phi) is 5.07. The zero-order valence-electron chi connectivity index (χ0n) is 11.2. The molecular weight excluding hydrogens is 288 g/mol. The van der Waals surface area contributed by atoms with Gasteiger partial charge in [-0.2, -0.15) is 0 Å². The highest BCUT2D eigenvalue weighted by atomic mass is 79.9. The molecule has 1 aliphatic carbocycles. The summed E-state index contributed by atoms with van der Waals surface area (Å²) in [5.41, 5.74) is 8.21. The molecule has 0 spiro atoms. The summed E-state index contributed by atoms with van der Waals surface area (Å²) in [6.07, 6.45) is 6.84. The highest BCUT2D eigenvalue weighted by molar-refractivity contribution is 9.10. The summed E-state index contributed by atoms with van der Waals surface area (Å²) in [5, 5.41) is 0. The molecule has 2 N–H and O–H groups in total. The Morgan fingerprint density at radius 1 is 1.28 bits per heavy atom. The maximum atomic E-state index is 5.71. The van der Waals surface area contributed by atoms with Crippen molar-refractivity contribution in [3.63, 3.8) is 0 Å². The third kappa shape index (κ3) is 3.07. The summed E-state index contributed by atoms with van der Waals surface area (Å²) >= 11 is 3.62. The molecule has 2 rings (SSSR count). The van der Waals surface area contributed by atoms with Crippen molar-refractivity contribution in [2.75, 3.05) is 11.4 Å². The quantitative estimate of drug-likeness (QED) is 0.908. The number of anilines is 1. The van der Waals surface area contributed by atoms with Crippen LogP contribution in [0.5, 0.6) is 0 Å². The molecule has 0 saturated heterocycles. The number of hydrogen-bond donors (Lipinski definition) is 1. The lowest BCUT2D eigenvalue weighted by atomic mass is 9.93. The summed E-state index contributed by atoms with van der Waals surface area (Å²) in [4.78, 5) is 2.55. The van der Waals surface area contributed by atoms with Crippen LogP contribution >= 0.6 is 15.9 Å². The van der Waals surface area contributed by atoms with Gasteiger partial charge in [0.2, 0.25) is 0 Å². The predicted molar refractivity (Wildman–Crippen MR) is 81.9 cm³/mol. The van der Waals surface area contributed by atoms with E-state index in [0.717, 1.165) is 17.1 Å². The number of nitrogens with two attached hydrogens (primary N) is 1. The average Bonchev–Trinajstić information content (AvgIpc) is 2.41. The first-order valence-electron chi connectivity index (χ1n) is 7.01. The highest BCUT2D eigenvalue weighted by Gasteiger charge is 2.20. The van der Waals surface area contributed by atoms with E-state index < -0.39 is 0 Å². The fraction of sp³-hybridized carbons (Fsp3) is 0.600. The molecule has 1 aromatic rings. The van der Waals surface area contributed by atoms with Crippen molar-refractivity contribution in [1.29, 1.82) is 0 Å². The maximum absolute atomic E-state index is 5.71. The molecule has 0 unspecified atom stereocenters. The number of nitrogens with zero attached hydrogens (tertiary/aromatic N) is 1. The maximum Gasteiger partial charge on any atom is 0.0380 e. The monoisotopic (exact) mass is 310 g/mol. The van der Waals surface area contributed by atoms with Gasteiger partial charge in [-0.25, -0.2) is 0 Å². The van der Waals surface area contributed by atoms with Gasteiger partial charge in [-0.1, -0.05) is 41.3 Å². The van der Waals surface area contributed by atoms with Gasteiger partial charge in [0, 0.05) is 29.3 Å². The van der Waals surface area contributed by atoms with Gasteiger partial charge in [0.25, 0.3) is 0 Å². The van der Waals surface area contributed by atoms with Crippen molar-refractivity contribution in [3.8, 4) is 0 Å². The number of benzene rings is 1. The molecule has 0 atom stereocenters. The molecule has 0 amide bonds. The van der Waals surface area contributed by atoms with Gasteiger partial charge >= 0.3 is 0 Å². The smallest absolute Gasteiger partial charge is 0.0380 e. The molecule has 100 valence electrons. The summed E-state index contributed by atoms with van der Waals surface area (Å²) < 4.78 is 1.14. The molecule has 18 heavy (non-hydrogen) atoms. The van der Waals surface area contributed by atoms with E-state index in [1.165, 1.54) is 43.4 Å². The van der Waals surface area contributed by atoms with Crippen molar-refractivity contribution in [1.82, 2.24) is 0 Å². The van der Waals surface area contributed by atoms with Crippen LogP contribution in [0.3, 0.4) is 0 Å². The van der Waals surface area contributed by atoms with Crippen LogP contribution < -0.4 is 10.6 Å². The molecule has 1 fully saturated rings. The summed E-state index contributed by atoms with van der Waals surface area (Å²) in [5.74, 6) is 0. The van der Waals surface area contributed by atoms with Gasteiger partial charge in [-0.3, -0.25) is 0 Å². The molecule has 0 aliphatic heterocycles. The molecule has 0 aromatic heterocycles. The topological polar surface area (TPSA) is 29.3 Å². The SMILES string of the molecule is CCN(c1ccc(CN)c(Br)c1)C1CCCCC1. The lowest BCUT2D eigenvalue weighted by Gasteiger charge is -2.35. The van der Waals surface area contributed by atoms with Crippen LogP contribution in [0.2, 0.25) is 0 Å². The normalized spacial score (nSPS) is 16.8. The minimum absolute atomic E-state index is 0.594. The Balaban J connectivity index is 2.18. The Hall–Kier alpha value is -0.540. The molecule has 0 heterocycles. The second kappa shape index (κ2) is 6.58. The Morgan fingerprint density at radius 2 is 2.00 bits per heavy atom. The summed E-state index contributed by atoms with van der Waals surface area (Å²) in [6.45, 7) is 3.93. The minimum atomic E-state index is 0.594. The van der Waals surface area contributed by atoms with E-state index in [4.69, 9.17) is 5.73 Å². The van der Waals surface area contributed by atoms with Gasteiger partial charge in [0.05, 0.1) is 0 Å². The highest BCUT2D eigenvalue weighted by Crippen LogP contribution is 2.30. The minimum Gasteiger partial charge on any atom is -0.369 e. The molecule has 1 aromatic carbocycles. The Bertz CT molecular complexity index is 386. The van der Waals surface area contributed by atoms with E-state index in [2.05, 4.69) is 46.0 Å². The zero-order chi connectivity index (χ0) is 13.0. The lowest BCUT2D eigenvalue weighted by Crippen LogP contribution is -2.36. The van der Waals surface area contributed by atoms with E-state index in [0.29, 0.717) is 6.54 Å². The third-order valence-corrected chi connectivity index (χ3v) is 4.68.